The normalized spacial score (nSPS) is 15.2. The first-order valence-electron chi connectivity index (χ1n) is 8.76. The minimum absolute atomic E-state index is 0.0561. The molecule has 1 aliphatic heterocycles. The summed E-state index contributed by atoms with van der Waals surface area (Å²) in [4.78, 5) is 36.5. The molecule has 1 amide bonds. The van der Waals surface area contributed by atoms with Crippen molar-refractivity contribution in [2.75, 3.05) is 6.54 Å². The van der Waals surface area contributed by atoms with E-state index in [2.05, 4.69) is 0 Å². The van der Waals surface area contributed by atoms with E-state index in [9.17, 15) is 19.7 Å². The van der Waals surface area contributed by atoms with E-state index in [1.54, 1.807) is 36.6 Å². The third kappa shape index (κ3) is 5.49. The van der Waals surface area contributed by atoms with E-state index >= 15 is 0 Å². The van der Waals surface area contributed by atoms with Gasteiger partial charge in [-0.25, -0.2) is 0 Å². The molecule has 0 atom stereocenters. The summed E-state index contributed by atoms with van der Waals surface area (Å²) in [5.74, 6) is -0.0881. The number of carboxylic acid groups (broad SMARTS) is 1. The topological polar surface area (TPSA) is 114 Å². The van der Waals surface area contributed by atoms with Crippen LogP contribution in [0.4, 0.5) is 5.69 Å². The molecule has 0 radical (unpaired) electrons. The fraction of sp³-hybridized carbons (Fsp3) is 0.211. The number of benzene rings is 1. The van der Waals surface area contributed by atoms with Crippen LogP contribution >= 0.6 is 35.7 Å². The zero-order valence-electron chi connectivity index (χ0n) is 15.5. The van der Waals surface area contributed by atoms with Crippen LogP contribution in [-0.4, -0.2) is 37.7 Å². The Morgan fingerprint density at radius 3 is 2.87 bits per heavy atom. The summed E-state index contributed by atoms with van der Waals surface area (Å²) in [6.07, 6.45) is 3.34. The van der Waals surface area contributed by atoms with Crippen LogP contribution in [0.1, 0.15) is 24.2 Å². The Labute approximate surface area is 185 Å². The molecule has 0 spiro atoms. The number of thiocarbonyl (C=S) groups is 1. The van der Waals surface area contributed by atoms with Gasteiger partial charge in [0, 0.05) is 19.0 Å². The molecule has 2 heterocycles. The minimum atomic E-state index is -0.937. The Morgan fingerprint density at radius 1 is 1.40 bits per heavy atom. The molecule has 0 unspecified atom stereocenters. The van der Waals surface area contributed by atoms with E-state index in [-0.39, 0.29) is 24.6 Å². The molecular weight excluding hydrogens is 448 g/mol. The molecule has 1 aromatic heterocycles. The van der Waals surface area contributed by atoms with Gasteiger partial charge in [-0.15, -0.1) is 11.8 Å². The molecular formula is C19H16N2O6S3. The fourth-order valence-corrected chi connectivity index (χ4v) is 4.88. The molecule has 0 aliphatic carbocycles. The zero-order valence-corrected chi connectivity index (χ0v) is 17.9. The number of amides is 1. The summed E-state index contributed by atoms with van der Waals surface area (Å²) < 4.78 is 5.60. The highest BCUT2D eigenvalue weighted by Crippen LogP contribution is 2.36. The standard InChI is InChI=1S/C19H16N2O6S3/c22-17(23)4-1-7-20-18(24)16(30-19(20)28)10-12-5-6-15(14(9-12)21(25)26)29-11-13-3-2-8-27-13/h2-3,5-6,8-10H,1,4,7,11H2,(H,22,23). The highest BCUT2D eigenvalue weighted by Gasteiger charge is 2.31. The number of carbonyl (C=O) groups is 2. The molecule has 8 nitrogen and oxygen atoms in total. The third-order valence-corrected chi connectivity index (χ3v) is 6.54. The SMILES string of the molecule is O=C(O)CCCN1C(=O)C(=Cc2ccc(SCc3ccco3)c([N+](=O)[O-])c2)SC1=S. The summed E-state index contributed by atoms with van der Waals surface area (Å²) >= 11 is 7.60. The number of furan rings is 1. The Balaban J connectivity index is 1.75. The number of carboxylic acids is 1. The van der Waals surface area contributed by atoms with Gasteiger partial charge in [0.1, 0.15) is 10.1 Å². The van der Waals surface area contributed by atoms with Crippen molar-refractivity contribution in [3.05, 3.63) is 62.9 Å². The van der Waals surface area contributed by atoms with Crippen molar-refractivity contribution in [2.24, 2.45) is 0 Å². The molecule has 156 valence electrons. The van der Waals surface area contributed by atoms with E-state index < -0.39 is 10.9 Å². The van der Waals surface area contributed by atoms with Gasteiger partial charge < -0.3 is 9.52 Å². The van der Waals surface area contributed by atoms with E-state index in [1.165, 1.54) is 22.7 Å². The summed E-state index contributed by atoms with van der Waals surface area (Å²) in [5, 5.41) is 20.2. The van der Waals surface area contributed by atoms with Crippen molar-refractivity contribution in [1.82, 2.24) is 4.90 Å². The van der Waals surface area contributed by atoms with E-state index in [0.29, 0.717) is 37.6 Å². The number of nitrogens with zero attached hydrogens (tertiary/aromatic N) is 2. The van der Waals surface area contributed by atoms with Crippen LogP contribution in [-0.2, 0) is 15.3 Å². The second-order valence-electron chi connectivity index (χ2n) is 6.18. The van der Waals surface area contributed by atoms with Crippen molar-refractivity contribution in [3.8, 4) is 0 Å². The lowest BCUT2D eigenvalue weighted by Crippen LogP contribution is -2.29. The molecule has 2 aromatic rings. The molecule has 30 heavy (non-hydrogen) atoms. The quantitative estimate of drug-likeness (QED) is 0.188. The molecule has 1 fully saturated rings. The zero-order chi connectivity index (χ0) is 21.7. The number of thioether (sulfide) groups is 2. The van der Waals surface area contributed by atoms with Crippen LogP contribution in [0.2, 0.25) is 0 Å². The van der Waals surface area contributed by atoms with E-state index in [1.807, 2.05) is 0 Å². The smallest absolute Gasteiger partial charge is 0.303 e. The van der Waals surface area contributed by atoms with Gasteiger partial charge in [0.15, 0.2) is 0 Å². The Kier molecular flexibility index (Phi) is 7.29. The molecule has 0 saturated carbocycles. The summed E-state index contributed by atoms with van der Waals surface area (Å²) in [7, 11) is 0. The Bertz CT molecular complexity index is 1020. The van der Waals surface area contributed by atoms with Crippen LogP contribution < -0.4 is 0 Å². The monoisotopic (exact) mass is 464 g/mol. The number of nitro groups is 1. The van der Waals surface area contributed by atoms with Crippen LogP contribution in [0, 0.1) is 10.1 Å². The van der Waals surface area contributed by atoms with Crippen molar-refractivity contribution < 1.29 is 24.0 Å². The predicted molar refractivity (Wildman–Crippen MR) is 118 cm³/mol. The number of carbonyl (C=O) groups excluding carboxylic acids is 1. The van der Waals surface area contributed by atoms with Crippen LogP contribution in [0.5, 0.6) is 0 Å². The third-order valence-electron chi connectivity index (χ3n) is 4.07. The largest absolute Gasteiger partial charge is 0.481 e. The number of aliphatic carboxylic acids is 1. The molecule has 3 rings (SSSR count). The van der Waals surface area contributed by atoms with Crippen LogP contribution in [0.15, 0.2) is 50.8 Å². The van der Waals surface area contributed by atoms with Gasteiger partial charge in [-0.2, -0.15) is 0 Å². The number of rotatable bonds is 9. The van der Waals surface area contributed by atoms with E-state index in [0.717, 1.165) is 11.8 Å². The van der Waals surface area contributed by atoms with Crippen molar-refractivity contribution >= 4 is 63.7 Å². The van der Waals surface area contributed by atoms with Gasteiger partial charge in [0.25, 0.3) is 11.6 Å². The van der Waals surface area contributed by atoms with Gasteiger partial charge in [0.2, 0.25) is 0 Å². The first-order valence-corrected chi connectivity index (χ1v) is 11.0. The second-order valence-corrected chi connectivity index (χ2v) is 8.88. The maximum Gasteiger partial charge on any atom is 0.303 e. The van der Waals surface area contributed by atoms with Crippen molar-refractivity contribution in [2.45, 2.75) is 23.5 Å². The lowest BCUT2D eigenvalue weighted by atomic mass is 10.2. The average molecular weight is 465 g/mol. The van der Waals surface area contributed by atoms with Gasteiger partial charge in [-0.1, -0.05) is 30.0 Å². The number of hydrogen-bond donors (Lipinski definition) is 1. The van der Waals surface area contributed by atoms with Crippen LogP contribution in [0.3, 0.4) is 0 Å². The van der Waals surface area contributed by atoms with Gasteiger partial charge in [-0.05, 0) is 36.3 Å². The number of nitro benzene ring substituents is 1. The van der Waals surface area contributed by atoms with Crippen molar-refractivity contribution in [1.29, 1.82) is 0 Å². The van der Waals surface area contributed by atoms with Gasteiger partial charge in [0.05, 0.1) is 26.7 Å². The summed E-state index contributed by atoms with van der Waals surface area (Å²) in [6, 6.07) is 8.32. The first kappa shape index (κ1) is 22.1. The molecule has 1 N–H and O–H groups in total. The second kappa shape index (κ2) is 9.92. The predicted octanol–water partition coefficient (Wildman–Crippen LogP) is 4.55. The average Bonchev–Trinajstić information content (AvgIpc) is 3.30. The molecule has 11 heteroatoms. The fourth-order valence-electron chi connectivity index (χ4n) is 2.67. The Hall–Kier alpha value is -2.63. The maximum absolute atomic E-state index is 12.6. The lowest BCUT2D eigenvalue weighted by molar-refractivity contribution is -0.387. The highest BCUT2D eigenvalue weighted by atomic mass is 32.2. The van der Waals surface area contributed by atoms with Gasteiger partial charge >= 0.3 is 5.97 Å². The molecule has 1 aromatic carbocycles. The summed E-state index contributed by atoms with van der Waals surface area (Å²) in [5.41, 5.74) is 0.451. The minimum Gasteiger partial charge on any atom is -0.481 e. The number of hydrogen-bond acceptors (Lipinski definition) is 8. The maximum atomic E-state index is 12.6. The first-order chi connectivity index (χ1) is 14.3. The van der Waals surface area contributed by atoms with Crippen LogP contribution in [0.25, 0.3) is 6.08 Å². The highest BCUT2D eigenvalue weighted by molar-refractivity contribution is 8.26. The molecule has 1 aliphatic rings. The van der Waals surface area contributed by atoms with Crippen molar-refractivity contribution in [3.63, 3.8) is 0 Å². The summed E-state index contributed by atoms with van der Waals surface area (Å²) in [6.45, 7) is 0.219. The lowest BCUT2D eigenvalue weighted by Gasteiger charge is -2.13. The Morgan fingerprint density at radius 2 is 2.20 bits per heavy atom. The van der Waals surface area contributed by atoms with Gasteiger partial charge in [-0.3, -0.25) is 24.6 Å². The van der Waals surface area contributed by atoms with E-state index in [4.69, 9.17) is 21.7 Å². The molecule has 1 saturated heterocycles. The molecule has 0 bridgehead atoms.